The third-order valence-electron chi connectivity index (χ3n) is 2.85. The minimum Gasteiger partial charge on any atom is -0.337 e. The fourth-order valence-electron chi connectivity index (χ4n) is 1.88. The van der Waals surface area contributed by atoms with Gasteiger partial charge in [0.15, 0.2) is 11.6 Å². The molecule has 0 radical (unpaired) electrons. The third kappa shape index (κ3) is 3.22. The molecule has 0 saturated heterocycles. The number of anilines is 3. The molecule has 0 atom stereocenters. The Morgan fingerprint density at radius 2 is 1.71 bits per heavy atom. The van der Waals surface area contributed by atoms with Crippen molar-refractivity contribution in [1.29, 1.82) is 0 Å². The van der Waals surface area contributed by atoms with Crippen molar-refractivity contribution >= 4 is 17.3 Å². The van der Waals surface area contributed by atoms with Crippen molar-refractivity contribution in [3.05, 3.63) is 41.5 Å². The van der Waals surface area contributed by atoms with Gasteiger partial charge in [0.25, 0.3) is 0 Å². The maximum absolute atomic E-state index is 13.7. The lowest BCUT2D eigenvalue weighted by Crippen LogP contribution is -2.13. The Kier molecular flexibility index (Phi) is 4.59. The largest absolute Gasteiger partial charge is 0.337 e. The molecule has 0 aliphatic heterocycles. The Balaban J connectivity index is 2.42. The average Bonchev–Trinajstić information content (AvgIpc) is 2.46. The van der Waals surface area contributed by atoms with Gasteiger partial charge in [-0.15, -0.1) is 0 Å². The number of aromatic nitrogens is 2. The molecule has 0 fully saturated rings. The molecule has 4 N–H and O–H groups in total. The first-order valence-corrected chi connectivity index (χ1v) is 6.28. The summed E-state index contributed by atoms with van der Waals surface area (Å²) >= 11 is 0. The summed E-state index contributed by atoms with van der Waals surface area (Å²) < 4.78 is 39.8. The van der Waals surface area contributed by atoms with Crippen LogP contribution in [0.5, 0.6) is 0 Å². The van der Waals surface area contributed by atoms with E-state index in [1.807, 2.05) is 6.92 Å². The molecule has 1 aromatic carbocycles. The molecular weight excluding hydrogens is 283 g/mol. The van der Waals surface area contributed by atoms with Gasteiger partial charge in [0.2, 0.25) is 0 Å². The Bertz CT molecular complexity index is 648. The Morgan fingerprint density at radius 1 is 1.05 bits per heavy atom. The predicted octanol–water partition coefficient (Wildman–Crippen LogP) is 2.88. The van der Waals surface area contributed by atoms with Gasteiger partial charge in [-0.25, -0.2) is 29.0 Å². The van der Waals surface area contributed by atoms with Crippen LogP contribution < -0.4 is 16.6 Å². The first-order chi connectivity index (χ1) is 10.1. The summed E-state index contributed by atoms with van der Waals surface area (Å²) in [7, 11) is 0. The number of hydrogen-bond acceptors (Lipinski definition) is 5. The van der Waals surface area contributed by atoms with E-state index in [1.165, 1.54) is 6.33 Å². The van der Waals surface area contributed by atoms with E-state index in [0.717, 1.165) is 12.5 Å². The molecule has 0 unspecified atom stereocenters. The van der Waals surface area contributed by atoms with Gasteiger partial charge in [-0.1, -0.05) is 13.3 Å². The molecule has 0 aliphatic carbocycles. The first kappa shape index (κ1) is 15.0. The highest BCUT2D eigenvalue weighted by molar-refractivity contribution is 5.65. The zero-order chi connectivity index (χ0) is 15.4. The topological polar surface area (TPSA) is 75.9 Å². The van der Waals surface area contributed by atoms with Crippen LogP contribution in [-0.4, -0.2) is 9.97 Å². The number of hydrazine groups is 1. The fraction of sp³-hybridized carbons (Fsp3) is 0.231. The molecule has 2 rings (SSSR count). The maximum Gasteiger partial charge on any atom is 0.161 e. The zero-order valence-electron chi connectivity index (χ0n) is 11.3. The molecule has 112 valence electrons. The zero-order valence-corrected chi connectivity index (χ0v) is 11.3. The second kappa shape index (κ2) is 6.40. The lowest BCUT2D eigenvalue weighted by molar-refractivity contribution is 0.496. The van der Waals surface area contributed by atoms with Gasteiger partial charge in [0.1, 0.15) is 23.8 Å². The van der Waals surface area contributed by atoms with E-state index in [2.05, 4.69) is 20.7 Å². The van der Waals surface area contributed by atoms with Gasteiger partial charge in [-0.3, -0.25) is 0 Å². The molecule has 0 bridgehead atoms. The van der Waals surface area contributed by atoms with Gasteiger partial charge in [0, 0.05) is 17.7 Å². The minimum absolute atomic E-state index is 0.215. The van der Waals surface area contributed by atoms with E-state index in [4.69, 9.17) is 5.84 Å². The number of nitrogen functional groups attached to an aromatic ring is 1. The van der Waals surface area contributed by atoms with Crippen molar-refractivity contribution < 1.29 is 13.2 Å². The highest BCUT2D eigenvalue weighted by Gasteiger charge is 2.14. The van der Waals surface area contributed by atoms with E-state index in [0.29, 0.717) is 23.9 Å². The van der Waals surface area contributed by atoms with E-state index < -0.39 is 17.5 Å². The molecule has 2 aromatic rings. The van der Waals surface area contributed by atoms with Crippen LogP contribution in [0.4, 0.5) is 30.5 Å². The smallest absolute Gasteiger partial charge is 0.161 e. The van der Waals surface area contributed by atoms with Gasteiger partial charge in [-0.05, 0) is 6.42 Å². The van der Waals surface area contributed by atoms with Gasteiger partial charge in [0.05, 0.1) is 5.69 Å². The predicted molar refractivity (Wildman–Crippen MR) is 73.4 cm³/mol. The number of rotatable bonds is 5. The molecule has 0 saturated carbocycles. The molecule has 21 heavy (non-hydrogen) atoms. The molecule has 1 heterocycles. The number of nitrogens with zero attached hydrogens (tertiary/aromatic N) is 2. The Hall–Kier alpha value is -2.35. The summed E-state index contributed by atoms with van der Waals surface area (Å²) in [4.78, 5) is 7.95. The fourth-order valence-corrected chi connectivity index (χ4v) is 1.88. The summed E-state index contributed by atoms with van der Waals surface area (Å²) in [6.45, 7) is 1.94. The monoisotopic (exact) mass is 297 g/mol. The molecule has 0 aliphatic rings. The first-order valence-electron chi connectivity index (χ1n) is 6.28. The van der Waals surface area contributed by atoms with E-state index in [9.17, 15) is 13.2 Å². The highest BCUT2D eigenvalue weighted by Crippen LogP contribution is 2.27. The van der Waals surface area contributed by atoms with E-state index in [1.54, 1.807) is 0 Å². The van der Waals surface area contributed by atoms with Crippen LogP contribution in [0.2, 0.25) is 0 Å². The van der Waals surface area contributed by atoms with Crippen LogP contribution in [-0.2, 0) is 6.42 Å². The summed E-state index contributed by atoms with van der Waals surface area (Å²) in [5.74, 6) is 2.71. The lowest BCUT2D eigenvalue weighted by atomic mass is 10.1. The van der Waals surface area contributed by atoms with Crippen LogP contribution in [0.25, 0.3) is 0 Å². The quantitative estimate of drug-likeness (QED) is 0.449. The van der Waals surface area contributed by atoms with Crippen molar-refractivity contribution in [2.45, 2.75) is 19.8 Å². The number of nitrogens with one attached hydrogen (secondary N) is 2. The standard InChI is InChI=1S/C13H14F3N5/c1-2-3-7-12(18-6-19-13(7)21-17)20-11-5-9(15)8(14)4-10(11)16/h4-6H,2-3,17H2,1H3,(H2,18,19,20,21). The number of hydrogen-bond donors (Lipinski definition) is 3. The lowest BCUT2D eigenvalue weighted by Gasteiger charge is -2.14. The van der Waals surface area contributed by atoms with Crippen molar-refractivity contribution in [3.8, 4) is 0 Å². The van der Waals surface area contributed by atoms with Crippen molar-refractivity contribution in [1.82, 2.24) is 9.97 Å². The molecule has 1 aromatic heterocycles. The van der Waals surface area contributed by atoms with Crippen molar-refractivity contribution in [2.24, 2.45) is 5.84 Å². The van der Waals surface area contributed by atoms with E-state index >= 15 is 0 Å². The molecular formula is C13H14F3N5. The number of nitrogens with two attached hydrogens (primary N) is 1. The molecule has 8 heteroatoms. The van der Waals surface area contributed by atoms with Gasteiger partial charge < -0.3 is 10.7 Å². The van der Waals surface area contributed by atoms with Crippen molar-refractivity contribution in [2.75, 3.05) is 10.7 Å². The average molecular weight is 297 g/mol. The second-order valence-corrected chi connectivity index (χ2v) is 4.31. The second-order valence-electron chi connectivity index (χ2n) is 4.31. The number of benzene rings is 1. The van der Waals surface area contributed by atoms with Crippen LogP contribution in [0, 0.1) is 17.5 Å². The summed E-state index contributed by atoms with van der Waals surface area (Å²) in [6.07, 6.45) is 2.58. The van der Waals surface area contributed by atoms with Gasteiger partial charge >= 0.3 is 0 Å². The van der Waals surface area contributed by atoms with E-state index in [-0.39, 0.29) is 11.5 Å². The van der Waals surface area contributed by atoms with Crippen LogP contribution in [0.3, 0.4) is 0 Å². The third-order valence-corrected chi connectivity index (χ3v) is 2.85. The highest BCUT2D eigenvalue weighted by atomic mass is 19.2. The Morgan fingerprint density at radius 3 is 2.38 bits per heavy atom. The summed E-state index contributed by atoms with van der Waals surface area (Å²) in [6, 6.07) is 1.21. The van der Waals surface area contributed by atoms with Crippen LogP contribution in [0.1, 0.15) is 18.9 Å². The number of halogens is 3. The Labute approximate surface area is 119 Å². The van der Waals surface area contributed by atoms with Crippen molar-refractivity contribution in [3.63, 3.8) is 0 Å². The summed E-state index contributed by atoms with van der Waals surface area (Å²) in [5, 5.41) is 2.64. The normalized spacial score (nSPS) is 10.5. The molecule has 5 nitrogen and oxygen atoms in total. The maximum atomic E-state index is 13.7. The van der Waals surface area contributed by atoms with Crippen LogP contribution >= 0.6 is 0 Å². The molecule has 0 spiro atoms. The van der Waals surface area contributed by atoms with Crippen LogP contribution in [0.15, 0.2) is 18.5 Å². The summed E-state index contributed by atoms with van der Waals surface area (Å²) in [5.41, 5.74) is 2.84. The SMILES string of the molecule is CCCc1c(NN)ncnc1Nc1cc(F)c(F)cc1F. The van der Waals surface area contributed by atoms with Gasteiger partial charge in [-0.2, -0.15) is 0 Å². The minimum atomic E-state index is -1.25. The molecule has 0 amide bonds.